The molecule has 2 rings (SSSR count). The highest BCUT2D eigenvalue weighted by Gasteiger charge is 2.09. The summed E-state index contributed by atoms with van der Waals surface area (Å²) in [6.07, 6.45) is 0. The van der Waals surface area contributed by atoms with Gasteiger partial charge in [0, 0.05) is 30.5 Å². The third-order valence-corrected chi connectivity index (χ3v) is 4.22. The normalized spacial score (nSPS) is 10.5. The van der Waals surface area contributed by atoms with Gasteiger partial charge in [-0.25, -0.2) is 9.18 Å². The number of hydrogen-bond acceptors (Lipinski definition) is 3. The molecule has 2 aromatic rings. The average molecular weight is 386 g/mol. The summed E-state index contributed by atoms with van der Waals surface area (Å²) in [7, 11) is 0. The smallest absolute Gasteiger partial charge is 0.315 e. The molecule has 0 aliphatic carbocycles. The number of carbonyl (C=O) groups is 2. The monoisotopic (exact) mass is 386 g/mol. The van der Waals surface area contributed by atoms with Crippen molar-refractivity contribution in [3.8, 4) is 0 Å². The number of rotatable bonds is 8. The van der Waals surface area contributed by atoms with Crippen molar-refractivity contribution in [2.75, 3.05) is 23.3 Å². The fourth-order valence-corrected chi connectivity index (χ4v) is 2.79. The number of halogens is 1. The Hall–Kier alpha value is -3.09. The maximum Gasteiger partial charge on any atom is 0.315 e. The van der Waals surface area contributed by atoms with Crippen molar-refractivity contribution in [3.63, 3.8) is 0 Å². The molecule has 0 spiro atoms. The summed E-state index contributed by atoms with van der Waals surface area (Å²) in [5, 5.41) is 7.86. The van der Waals surface area contributed by atoms with E-state index in [0.29, 0.717) is 11.7 Å². The van der Waals surface area contributed by atoms with Crippen molar-refractivity contribution in [3.05, 3.63) is 59.9 Å². The molecule has 7 heteroatoms. The molecule has 0 heterocycles. The SMILES string of the molecule is CCN(c1ccc(NC(=O)CNC(=O)NCc2ccc(F)cc2)cc1)C(C)C. The lowest BCUT2D eigenvalue weighted by Gasteiger charge is -2.27. The molecular formula is C21H27FN4O2. The van der Waals surface area contributed by atoms with E-state index in [4.69, 9.17) is 0 Å². The molecule has 0 bridgehead atoms. The van der Waals surface area contributed by atoms with Crippen LogP contribution in [0, 0.1) is 5.82 Å². The molecular weight excluding hydrogens is 359 g/mol. The summed E-state index contributed by atoms with van der Waals surface area (Å²) >= 11 is 0. The molecule has 28 heavy (non-hydrogen) atoms. The van der Waals surface area contributed by atoms with E-state index in [-0.39, 0.29) is 24.8 Å². The van der Waals surface area contributed by atoms with E-state index in [1.165, 1.54) is 12.1 Å². The van der Waals surface area contributed by atoms with E-state index in [0.717, 1.165) is 17.8 Å². The zero-order valence-electron chi connectivity index (χ0n) is 16.5. The van der Waals surface area contributed by atoms with Gasteiger partial charge < -0.3 is 20.9 Å². The predicted octanol–water partition coefficient (Wildman–Crippen LogP) is 3.50. The fourth-order valence-electron chi connectivity index (χ4n) is 2.79. The molecule has 0 fully saturated rings. The number of hydrogen-bond donors (Lipinski definition) is 3. The minimum Gasteiger partial charge on any atom is -0.369 e. The van der Waals surface area contributed by atoms with Gasteiger partial charge in [-0.05, 0) is 62.7 Å². The summed E-state index contributed by atoms with van der Waals surface area (Å²) in [5.41, 5.74) is 2.53. The minimum absolute atomic E-state index is 0.149. The van der Waals surface area contributed by atoms with Crippen LogP contribution in [0.25, 0.3) is 0 Å². The molecule has 0 saturated heterocycles. The summed E-state index contributed by atoms with van der Waals surface area (Å²) in [6, 6.07) is 13.4. The first kappa shape index (κ1) is 21.2. The largest absolute Gasteiger partial charge is 0.369 e. The predicted molar refractivity (Wildman–Crippen MR) is 110 cm³/mol. The van der Waals surface area contributed by atoms with Crippen LogP contribution < -0.4 is 20.9 Å². The maximum atomic E-state index is 12.8. The third kappa shape index (κ3) is 6.57. The van der Waals surface area contributed by atoms with Gasteiger partial charge in [0.05, 0.1) is 6.54 Å². The van der Waals surface area contributed by atoms with Crippen LogP contribution in [0.2, 0.25) is 0 Å². The van der Waals surface area contributed by atoms with E-state index in [1.54, 1.807) is 12.1 Å². The summed E-state index contributed by atoms with van der Waals surface area (Å²) in [5.74, 6) is -0.648. The topological polar surface area (TPSA) is 73.5 Å². The van der Waals surface area contributed by atoms with Gasteiger partial charge in [0.25, 0.3) is 0 Å². The zero-order chi connectivity index (χ0) is 20.5. The molecule has 3 N–H and O–H groups in total. The molecule has 0 aliphatic rings. The Bertz CT molecular complexity index is 776. The molecule has 150 valence electrons. The molecule has 0 unspecified atom stereocenters. The number of anilines is 2. The van der Waals surface area contributed by atoms with Crippen molar-refractivity contribution in [1.82, 2.24) is 10.6 Å². The summed E-state index contributed by atoms with van der Waals surface area (Å²) in [6.45, 7) is 7.36. The quantitative estimate of drug-likeness (QED) is 0.650. The molecule has 3 amide bonds. The van der Waals surface area contributed by atoms with Gasteiger partial charge in [0.15, 0.2) is 0 Å². The standard InChI is InChI=1S/C21H27FN4O2/c1-4-26(15(2)3)19-11-9-18(10-12-19)25-20(27)14-24-21(28)23-13-16-5-7-17(22)8-6-16/h5-12,15H,4,13-14H2,1-3H3,(H,25,27)(H2,23,24,28). The fraction of sp³-hybridized carbons (Fsp3) is 0.333. The van der Waals surface area contributed by atoms with Crippen molar-refractivity contribution in [2.24, 2.45) is 0 Å². The zero-order valence-corrected chi connectivity index (χ0v) is 16.5. The van der Waals surface area contributed by atoms with Crippen LogP contribution in [0.4, 0.5) is 20.6 Å². The Morgan fingerprint density at radius 2 is 1.64 bits per heavy atom. The van der Waals surface area contributed by atoms with Crippen LogP contribution in [0.3, 0.4) is 0 Å². The third-order valence-electron chi connectivity index (χ3n) is 4.22. The van der Waals surface area contributed by atoms with E-state index >= 15 is 0 Å². The maximum absolute atomic E-state index is 12.8. The number of nitrogens with one attached hydrogen (secondary N) is 3. The number of nitrogens with zero attached hydrogens (tertiary/aromatic N) is 1. The Kier molecular flexibility index (Phi) is 7.80. The van der Waals surface area contributed by atoms with Crippen LogP contribution in [-0.2, 0) is 11.3 Å². The lowest BCUT2D eigenvalue weighted by atomic mass is 10.2. The lowest BCUT2D eigenvalue weighted by Crippen LogP contribution is -2.39. The Labute approximate surface area is 165 Å². The Morgan fingerprint density at radius 1 is 1.00 bits per heavy atom. The summed E-state index contributed by atoms with van der Waals surface area (Å²) < 4.78 is 12.8. The van der Waals surface area contributed by atoms with Gasteiger partial charge in [-0.3, -0.25) is 4.79 Å². The van der Waals surface area contributed by atoms with Crippen LogP contribution in [0.5, 0.6) is 0 Å². The highest BCUT2D eigenvalue weighted by molar-refractivity contribution is 5.94. The van der Waals surface area contributed by atoms with Crippen molar-refractivity contribution in [2.45, 2.75) is 33.4 Å². The van der Waals surface area contributed by atoms with Crippen LogP contribution >= 0.6 is 0 Å². The summed E-state index contributed by atoms with van der Waals surface area (Å²) in [4.78, 5) is 26.0. The number of carbonyl (C=O) groups excluding carboxylic acids is 2. The molecule has 0 aromatic heterocycles. The number of benzene rings is 2. The Morgan fingerprint density at radius 3 is 2.21 bits per heavy atom. The van der Waals surface area contributed by atoms with Gasteiger partial charge in [-0.15, -0.1) is 0 Å². The molecule has 0 radical (unpaired) electrons. The second-order valence-electron chi connectivity index (χ2n) is 6.64. The minimum atomic E-state index is -0.467. The second kappa shape index (κ2) is 10.3. The van der Waals surface area contributed by atoms with Gasteiger partial charge in [0.2, 0.25) is 5.91 Å². The first-order chi connectivity index (χ1) is 13.4. The van der Waals surface area contributed by atoms with Crippen molar-refractivity contribution >= 4 is 23.3 Å². The number of amides is 3. The van der Waals surface area contributed by atoms with E-state index < -0.39 is 6.03 Å². The Balaban J connectivity index is 1.75. The van der Waals surface area contributed by atoms with Crippen molar-refractivity contribution < 1.29 is 14.0 Å². The van der Waals surface area contributed by atoms with Crippen molar-refractivity contribution in [1.29, 1.82) is 0 Å². The van der Waals surface area contributed by atoms with Gasteiger partial charge in [-0.1, -0.05) is 12.1 Å². The highest BCUT2D eigenvalue weighted by atomic mass is 19.1. The van der Waals surface area contributed by atoms with Gasteiger partial charge in [-0.2, -0.15) is 0 Å². The van der Waals surface area contributed by atoms with E-state index in [1.807, 2.05) is 24.3 Å². The second-order valence-corrected chi connectivity index (χ2v) is 6.64. The highest BCUT2D eigenvalue weighted by Crippen LogP contribution is 2.19. The van der Waals surface area contributed by atoms with E-state index in [9.17, 15) is 14.0 Å². The lowest BCUT2D eigenvalue weighted by molar-refractivity contribution is -0.115. The molecule has 6 nitrogen and oxygen atoms in total. The van der Waals surface area contributed by atoms with Gasteiger partial charge >= 0.3 is 6.03 Å². The first-order valence-corrected chi connectivity index (χ1v) is 9.31. The number of urea groups is 1. The molecule has 0 aliphatic heterocycles. The van der Waals surface area contributed by atoms with E-state index in [2.05, 4.69) is 41.6 Å². The molecule has 0 saturated carbocycles. The van der Waals surface area contributed by atoms with Crippen LogP contribution in [0.15, 0.2) is 48.5 Å². The molecule has 0 atom stereocenters. The first-order valence-electron chi connectivity index (χ1n) is 9.31. The van der Waals surface area contributed by atoms with Crippen LogP contribution in [-0.4, -0.2) is 31.1 Å². The van der Waals surface area contributed by atoms with Gasteiger partial charge in [0.1, 0.15) is 5.82 Å². The molecule has 2 aromatic carbocycles. The average Bonchev–Trinajstić information content (AvgIpc) is 2.67. The van der Waals surface area contributed by atoms with Crippen LogP contribution in [0.1, 0.15) is 26.3 Å².